The predicted octanol–water partition coefficient (Wildman–Crippen LogP) is 5.10. The smallest absolute Gasteiger partial charge is 0.266 e. The molecule has 1 aliphatic rings. The maximum Gasteiger partial charge on any atom is 0.266 e. The second-order valence-electron chi connectivity index (χ2n) is 4.76. The van der Waals surface area contributed by atoms with Crippen LogP contribution in [0.1, 0.15) is 5.76 Å². The van der Waals surface area contributed by atoms with E-state index in [0.717, 1.165) is 15.8 Å². The van der Waals surface area contributed by atoms with Crippen molar-refractivity contribution in [2.24, 2.45) is 0 Å². The summed E-state index contributed by atoms with van der Waals surface area (Å²) in [5, 5.41) is 0. The Morgan fingerprint density at radius 1 is 1.30 bits per heavy atom. The van der Waals surface area contributed by atoms with E-state index in [0.29, 0.717) is 21.5 Å². The highest BCUT2D eigenvalue weighted by molar-refractivity contribution is 9.10. The molecule has 2 aromatic rings. The van der Waals surface area contributed by atoms with Crippen molar-refractivity contribution in [3.05, 3.63) is 64.2 Å². The number of hydrogen-bond acceptors (Lipinski definition) is 4. The third kappa shape index (κ3) is 3.34. The van der Waals surface area contributed by atoms with Gasteiger partial charge in [0, 0.05) is 22.7 Å². The molecule has 0 N–H and O–H groups in total. The first-order chi connectivity index (χ1) is 11.1. The van der Waals surface area contributed by atoms with E-state index in [1.54, 1.807) is 12.2 Å². The molecule has 0 saturated carbocycles. The van der Waals surface area contributed by atoms with Crippen LogP contribution in [0.15, 0.2) is 62.8 Å². The van der Waals surface area contributed by atoms with E-state index >= 15 is 0 Å². The largest absolute Gasteiger partial charge is 0.457 e. The van der Waals surface area contributed by atoms with Crippen LogP contribution in [0.5, 0.6) is 0 Å². The fraction of sp³-hybridized carbons (Fsp3) is 0.0588. The van der Waals surface area contributed by atoms with E-state index in [1.807, 2.05) is 36.4 Å². The molecular formula is C17H12BrNO2S2. The topological polar surface area (TPSA) is 33.5 Å². The average Bonchev–Trinajstić information content (AvgIpc) is 3.09. The second-order valence-corrected chi connectivity index (χ2v) is 7.29. The number of benzene rings is 1. The van der Waals surface area contributed by atoms with Gasteiger partial charge in [0.25, 0.3) is 5.91 Å². The van der Waals surface area contributed by atoms with Crippen molar-refractivity contribution in [3.8, 4) is 11.3 Å². The number of amides is 1. The van der Waals surface area contributed by atoms with Gasteiger partial charge >= 0.3 is 0 Å². The molecule has 0 bridgehead atoms. The van der Waals surface area contributed by atoms with Crippen LogP contribution in [0.2, 0.25) is 0 Å². The van der Waals surface area contributed by atoms with E-state index in [4.69, 9.17) is 16.6 Å². The minimum absolute atomic E-state index is 0.112. The number of hydrogen-bond donors (Lipinski definition) is 0. The van der Waals surface area contributed by atoms with Gasteiger partial charge in [-0.25, -0.2) is 0 Å². The van der Waals surface area contributed by atoms with Gasteiger partial charge in [0.2, 0.25) is 0 Å². The molecule has 116 valence electrons. The summed E-state index contributed by atoms with van der Waals surface area (Å²) < 4.78 is 7.33. The number of carbonyl (C=O) groups excluding carboxylic acids is 1. The molecule has 23 heavy (non-hydrogen) atoms. The molecule has 1 aromatic heterocycles. The van der Waals surface area contributed by atoms with Crippen molar-refractivity contribution in [2.75, 3.05) is 6.54 Å². The van der Waals surface area contributed by atoms with Gasteiger partial charge in [-0.15, -0.1) is 6.58 Å². The number of rotatable bonds is 4. The minimum Gasteiger partial charge on any atom is -0.457 e. The lowest BCUT2D eigenvalue weighted by Gasteiger charge is -2.10. The Morgan fingerprint density at radius 3 is 2.83 bits per heavy atom. The van der Waals surface area contributed by atoms with E-state index in [2.05, 4.69) is 22.5 Å². The van der Waals surface area contributed by atoms with Crippen molar-refractivity contribution >= 4 is 56.2 Å². The lowest BCUT2D eigenvalue weighted by molar-refractivity contribution is -0.121. The van der Waals surface area contributed by atoms with Gasteiger partial charge in [-0.05, 0) is 18.2 Å². The van der Waals surface area contributed by atoms with Gasteiger partial charge in [0.15, 0.2) is 0 Å². The number of thiocarbonyl (C=S) groups is 1. The quantitative estimate of drug-likeness (QED) is 0.402. The molecule has 0 radical (unpaired) electrons. The summed E-state index contributed by atoms with van der Waals surface area (Å²) in [5.74, 6) is 1.25. The van der Waals surface area contributed by atoms with Crippen LogP contribution >= 0.6 is 39.9 Å². The molecule has 0 atom stereocenters. The first kappa shape index (κ1) is 16.2. The fourth-order valence-electron chi connectivity index (χ4n) is 2.15. The van der Waals surface area contributed by atoms with Crippen molar-refractivity contribution in [2.45, 2.75) is 0 Å². The lowest BCUT2D eigenvalue weighted by Crippen LogP contribution is -2.27. The van der Waals surface area contributed by atoms with Crippen molar-refractivity contribution < 1.29 is 9.21 Å². The number of furan rings is 1. The Balaban J connectivity index is 1.87. The predicted molar refractivity (Wildman–Crippen MR) is 102 cm³/mol. The van der Waals surface area contributed by atoms with Crippen molar-refractivity contribution in [3.63, 3.8) is 0 Å². The molecule has 2 heterocycles. The number of thioether (sulfide) groups is 1. The highest BCUT2D eigenvalue weighted by atomic mass is 79.9. The van der Waals surface area contributed by atoms with Crippen LogP contribution in [0.3, 0.4) is 0 Å². The van der Waals surface area contributed by atoms with Crippen molar-refractivity contribution in [1.82, 2.24) is 4.90 Å². The number of halogens is 1. The average molecular weight is 406 g/mol. The molecule has 0 unspecified atom stereocenters. The Kier molecular flexibility index (Phi) is 4.84. The first-order valence-electron chi connectivity index (χ1n) is 6.81. The normalized spacial score (nSPS) is 16.4. The zero-order valence-electron chi connectivity index (χ0n) is 12.0. The Morgan fingerprint density at radius 2 is 2.09 bits per heavy atom. The van der Waals surface area contributed by atoms with Gasteiger partial charge in [-0.1, -0.05) is 64.2 Å². The van der Waals surface area contributed by atoms with E-state index in [-0.39, 0.29) is 5.91 Å². The Hall–Kier alpha value is -1.63. The molecule has 1 amide bonds. The summed E-state index contributed by atoms with van der Waals surface area (Å²) in [4.78, 5) is 14.4. The van der Waals surface area contributed by atoms with Gasteiger partial charge in [0.1, 0.15) is 15.8 Å². The van der Waals surface area contributed by atoms with Crippen LogP contribution in [0.25, 0.3) is 17.4 Å². The summed E-state index contributed by atoms with van der Waals surface area (Å²) in [7, 11) is 0. The molecule has 3 nitrogen and oxygen atoms in total. The highest BCUT2D eigenvalue weighted by Crippen LogP contribution is 2.34. The van der Waals surface area contributed by atoms with Crippen molar-refractivity contribution in [1.29, 1.82) is 0 Å². The third-order valence-corrected chi connectivity index (χ3v) is 5.29. The molecule has 1 aliphatic heterocycles. The number of nitrogens with zero attached hydrogens (tertiary/aromatic N) is 1. The molecule has 6 heteroatoms. The highest BCUT2D eigenvalue weighted by Gasteiger charge is 2.31. The Bertz CT molecular complexity index is 826. The van der Waals surface area contributed by atoms with E-state index in [9.17, 15) is 4.79 Å². The third-order valence-electron chi connectivity index (χ3n) is 3.22. The van der Waals surface area contributed by atoms with E-state index in [1.165, 1.54) is 16.7 Å². The number of carbonyl (C=O) groups is 1. The molecule has 1 aromatic carbocycles. The second kappa shape index (κ2) is 6.86. The maximum absolute atomic E-state index is 12.3. The molecule has 1 fully saturated rings. The van der Waals surface area contributed by atoms with Gasteiger partial charge in [-0.3, -0.25) is 9.69 Å². The maximum atomic E-state index is 12.3. The minimum atomic E-state index is -0.112. The molecule has 0 spiro atoms. The molecule has 0 aliphatic carbocycles. The van der Waals surface area contributed by atoms with Crippen LogP contribution in [-0.2, 0) is 4.79 Å². The van der Waals surface area contributed by atoms with Crippen LogP contribution in [0, 0.1) is 0 Å². The summed E-state index contributed by atoms with van der Waals surface area (Å²) in [6, 6.07) is 11.5. The SMILES string of the molecule is C=CCN1C(=O)/C(=C/c2ccc(-c3ccccc3Br)o2)SC1=S. The standard InChI is InChI=1S/C17H12BrNO2S2/c1-2-9-19-16(20)15(23-17(19)22)10-11-7-8-14(21-11)12-5-3-4-6-13(12)18/h2-8,10H,1,9H2/b15-10-. The molecule has 3 rings (SSSR count). The van der Waals surface area contributed by atoms with Crippen LogP contribution in [0.4, 0.5) is 0 Å². The zero-order valence-corrected chi connectivity index (χ0v) is 15.2. The van der Waals surface area contributed by atoms with Crippen LogP contribution in [-0.4, -0.2) is 21.7 Å². The van der Waals surface area contributed by atoms with E-state index < -0.39 is 0 Å². The summed E-state index contributed by atoms with van der Waals surface area (Å²) >= 11 is 10.0. The summed E-state index contributed by atoms with van der Waals surface area (Å²) in [6.07, 6.45) is 3.38. The van der Waals surface area contributed by atoms with Gasteiger partial charge in [-0.2, -0.15) is 0 Å². The lowest BCUT2D eigenvalue weighted by atomic mass is 10.2. The zero-order chi connectivity index (χ0) is 16.4. The first-order valence-corrected chi connectivity index (χ1v) is 8.83. The van der Waals surface area contributed by atoms with Gasteiger partial charge < -0.3 is 4.42 Å². The summed E-state index contributed by atoms with van der Waals surface area (Å²) in [5.41, 5.74) is 0.964. The molecule has 1 saturated heterocycles. The Labute approximate surface area is 152 Å². The molecular weight excluding hydrogens is 394 g/mol. The van der Waals surface area contributed by atoms with Gasteiger partial charge in [0.05, 0.1) is 4.91 Å². The monoisotopic (exact) mass is 405 g/mol. The fourth-order valence-corrected chi connectivity index (χ4v) is 3.89. The van der Waals surface area contributed by atoms with Crippen LogP contribution < -0.4 is 0 Å². The summed E-state index contributed by atoms with van der Waals surface area (Å²) in [6.45, 7) is 4.06.